The fourth-order valence-corrected chi connectivity index (χ4v) is 6.57. The van der Waals surface area contributed by atoms with Crippen molar-refractivity contribution >= 4 is 5.78 Å². The summed E-state index contributed by atoms with van der Waals surface area (Å²) in [5, 5.41) is 8.48. The Hall–Kier alpha value is -2.17. The number of ketones is 1. The quantitative estimate of drug-likeness (QED) is 0.462. The summed E-state index contributed by atoms with van der Waals surface area (Å²) >= 11 is 0. The van der Waals surface area contributed by atoms with Gasteiger partial charge >= 0.3 is 0 Å². The molecule has 0 N–H and O–H groups in total. The van der Waals surface area contributed by atoms with Crippen molar-refractivity contribution in [2.75, 3.05) is 0 Å². The van der Waals surface area contributed by atoms with Gasteiger partial charge in [0.1, 0.15) is 5.69 Å². The summed E-state index contributed by atoms with van der Waals surface area (Å²) in [4.78, 5) is 23.6. The van der Waals surface area contributed by atoms with Gasteiger partial charge in [0.25, 0.3) is 0 Å². The van der Waals surface area contributed by atoms with E-state index in [1.54, 1.807) is 23.7 Å². The maximum atomic E-state index is 11.5. The van der Waals surface area contributed by atoms with Gasteiger partial charge in [-0.15, -0.1) is 5.10 Å². The zero-order chi connectivity index (χ0) is 24.4. The van der Waals surface area contributed by atoms with E-state index in [1.807, 2.05) is 25.3 Å². The Balaban J connectivity index is 1.18. The van der Waals surface area contributed by atoms with Crippen LogP contribution in [0.5, 0.6) is 0 Å². The molecule has 9 nitrogen and oxygen atoms in total. The Kier molecular flexibility index (Phi) is 5.61. The lowest BCUT2D eigenvalue weighted by Gasteiger charge is -2.60. The molecule has 8 atom stereocenters. The first-order chi connectivity index (χ1) is 16.8. The molecular formula is C26H33N3O6. The molecule has 0 unspecified atom stereocenters. The summed E-state index contributed by atoms with van der Waals surface area (Å²) in [6.07, 6.45) is 4.81. The van der Waals surface area contributed by atoms with Gasteiger partial charge in [-0.25, -0.2) is 14.5 Å². The standard InChI is InChI=1S/C26H33N3O6/c1-15-5-10-22-16(2)23(32-24-26(22)21(15)11-12-25(4,33-24)34-35-26)31-14-19-13-29(28-27-19)20-8-6-18(7-9-20)17(3)30/h6-9,13,15-16,21-24H,5,10-12,14H2,1-4H3/t15-,16-,21+,22+,23+,24-,25-,26-/m1/s1. The predicted octanol–water partition coefficient (Wildman–Crippen LogP) is 4.19. The van der Waals surface area contributed by atoms with Gasteiger partial charge in [-0.3, -0.25) is 4.79 Å². The van der Waals surface area contributed by atoms with Gasteiger partial charge in [-0.05, 0) is 69.2 Å². The second kappa shape index (κ2) is 8.45. The van der Waals surface area contributed by atoms with Gasteiger partial charge in [0, 0.05) is 23.8 Å². The van der Waals surface area contributed by atoms with Crippen LogP contribution in [-0.2, 0) is 30.6 Å². The molecule has 35 heavy (non-hydrogen) atoms. The number of nitrogens with zero attached hydrogens (tertiary/aromatic N) is 3. The fraction of sp³-hybridized carbons (Fsp3) is 0.654. The number of rotatable bonds is 5. The predicted molar refractivity (Wildman–Crippen MR) is 123 cm³/mol. The van der Waals surface area contributed by atoms with Crippen LogP contribution in [-0.4, -0.2) is 44.7 Å². The summed E-state index contributed by atoms with van der Waals surface area (Å²) in [6.45, 7) is 8.22. The Morgan fingerprint density at radius 1 is 1.14 bits per heavy atom. The molecule has 9 heteroatoms. The Bertz CT molecular complexity index is 1100. The third-order valence-corrected chi connectivity index (χ3v) is 8.57. The molecule has 188 valence electrons. The zero-order valence-electron chi connectivity index (χ0n) is 20.7. The van der Waals surface area contributed by atoms with Gasteiger partial charge in [0.15, 0.2) is 24.0 Å². The largest absolute Gasteiger partial charge is 0.346 e. The lowest BCUT2D eigenvalue weighted by atomic mass is 9.58. The number of Topliss-reactive ketones (excluding diaryl/α,β-unsaturated/α-hetero) is 1. The van der Waals surface area contributed by atoms with Gasteiger partial charge in [-0.1, -0.05) is 19.1 Å². The Labute approximate surface area is 204 Å². The van der Waals surface area contributed by atoms with Crippen molar-refractivity contribution < 1.29 is 28.8 Å². The van der Waals surface area contributed by atoms with Gasteiger partial charge in [0.2, 0.25) is 5.79 Å². The average Bonchev–Trinajstić information content (AvgIpc) is 3.20. The maximum absolute atomic E-state index is 11.5. The van der Waals surface area contributed by atoms with Crippen LogP contribution in [0.25, 0.3) is 5.69 Å². The van der Waals surface area contributed by atoms with Crippen LogP contribution in [0.15, 0.2) is 30.5 Å². The van der Waals surface area contributed by atoms with Crippen molar-refractivity contribution in [3.8, 4) is 5.69 Å². The van der Waals surface area contributed by atoms with Crippen LogP contribution >= 0.6 is 0 Å². The molecular weight excluding hydrogens is 450 g/mol. The minimum Gasteiger partial charge on any atom is -0.346 e. The van der Waals surface area contributed by atoms with E-state index in [0.29, 0.717) is 23.1 Å². The molecule has 1 aliphatic carbocycles. The molecule has 7 rings (SSSR count). The lowest BCUT2D eigenvalue weighted by Crippen LogP contribution is -2.70. The van der Waals surface area contributed by atoms with Crippen LogP contribution in [0, 0.1) is 23.7 Å². The van der Waals surface area contributed by atoms with Gasteiger partial charge < -0.3 is 14.2 Å². The SMILES string of the molecule is CC(=O)c1ccc(-n2cc(CO[C@H]3O[C@@H]4O[C@@]5(C)CC[C@H]6[C@H](C)CC[C@@H]([C@H]3C)[C@@]46OO5)nn2)cc1. The summed E-state index contributed by atoms with van der Waals surface area (Å²) in [5.74, 6) is 0.393. The van der Waals surface area contributed by atoms with E-state index < -0.39 is 24.0 Å². The highest BCUT2D eigenvalue weighted by atomic mass is 17.3. The number of carbonyl (C=O) groups excluding carboxylic acids is 1. The van der Waals surface area contributed by atoms with Crippen LogP contribution in [0.2, 0.25) is 0 Å². The molecule has 5 heterocycles. The Morgan fingerprint density at radius 3 is 2.71 bits per heavy atom. The monoisotopic (exact) mass is 483 g/mol. The van der Waals surface area contributed by atoms with Crippen LogP contribution in [0.1, 0.15) is 69.4 Å². The number of hydrogen-bond acceptors (Lipinski definition) is 8. The molecule has 2 aromatic rings. The first-order valence-electron chi connectivity index (χ1n) is 12.6. The smallest absolute Gasteiger partial charge is 0.201 e. The van der Waals surface area contributed by atoms with E-state index in [2.05, 4.69) is 24.2 Å². The molecule has 1 spiro atoms. The number of aromatic nitrogens is 3. The molecule has 5 fully saturated rings. The summed E-state index contributed by atoms with van der Waals surface area (Å²) < 4.78 is 20.8. The second-order valence-corrected chi connectivity index (χ2v) is 10.8. The fourth-order valence-electron chi connectivity index (χ4n) is 6.57. The molecule has 1 aromatic carbocycles. The summed E-state index contributed by atoms with van der Waals surface area (Å²) in [6, 6.07) is 7.27. The molecule has 4 saturated heterocycles. The highest BCUT2D eigenvalue weighted by Gasteiger charge is 2.69. The van der Waals surface area contributed by atoms with Crippen molar-refractivity contribution in [2.24, 2.45) is 23.7 Å². The highest BCUT2D eigenvalue weighted by Crippen LogP contribution is 2.60. The normalized spacial score (nSPS) is 40.2. The third-order valence-electron chi connectivity index (χ3n) is 8.57. The molecule has 1 saturated carbocycles. The minimum atomic E-state index is -0.802. The second-order valence-electron chi connectivity index (χ2n) is 10.8. The van der Waals surface area contributed by atoms with Gasteiger partial charge in [-0.2, -0.15) is 0 Å². The number of ether oxygens (including phenoxy) is 3. The van der Waals surface area contributed by atoms with Crippen molar-refractivity contribution in [1.82, 2.24) is 15.0 Å². The number of fused-ring (bicyclic) bond motifs is 2. The van der Waals surface area contributed by atoms with E-state index in [9.17, 15) is 4.79 Å². The number of hydrogen-bond donors (Lipinski definition) is 0. The molecule has 4 aliphatic heterocycles. The Morgan fingerprint density at radius 2 is 1.94 bits per heavy atom. The van der Waals surface area contributed by atoms with Gasteiger partial charge in [0.05, 0.1) is 18.5 Å². The average molecular weight is 484 g/mol. The topological polar surface area (TPSA) is 93.9 Å². The van der Waals surface area contributed by atoms with Crippen molar-refractivity contribution in [2.45, 2.75) is 84.0 Å². The number of carbonyl (C=O) groups is 1. The van der Waals surface area contributed by atoms with E-state index in [0.717, 1.165) is 31.4 Å². The summed E-state index contributed by atoms with van der Waals surface area (Å²) in [5.41, 5.74) is 1.59. The van der Waals surface area contributed by atoms with E-state index in [4.69, 9.17) is 24.0 Å². The van der Waals surface area contributed by atoms with E-state index >= 15 is 0 Å². The zero-order valence-corrected chi connectivity index (χ0v) is 20.7. The number of benzene rings is 1. The van der Waals surface area contributed by atoms with Crippen LogP contribution in [0.3, 0.4) is 0 Å². The van der Waals surface area contributed by atoms with Crippen LogP contribution < -0.4 is 0 Å². The highest BCUT2D eigenvalue weighted by molar-refractivity contribution is 5.94. The first-order valence-corrected chi connectivity index (χ1v) is 12.6. The van der Waals surface area contributed by atoms with Crippen molar-refractivity contribution in [3.63, 3.8) is 0 Å². The molecule has 2 bridgehead atoms. The summed E-state index contributed by atoms with van der Waals surface area (Å²) in [7, 11) is 0. The minimum absolute atomic E-state index is 0.0307. The van der Waals surface area contributed by atoms with Crippen LogP contribution in [0.4, 0.5) is 0 Å². The van der Waals surface area contributed by atoms with Crippen molar-refractivity contribution in [1.29, 1.82) is 0 Å². The van der Waals surface area contributed by atoms with E-state index in [-0.39, 0.29) is 24.2 Å². The third kappa shape index (κ3) is 3.76. The lowest BCUT2D eigenvalue weighted by molar-refractivity contribution is -0.577. The van der Waals surface area contributed by atoms with E-state index in [1.165, 1.54) is 0 Å². The maximum Gasteiger partial charge on any atom is 0.201 e. The first kappa shape index (κ1) is 23.2. The molecule has 5 aliphatic rings. The molecule has 0 amide bonds. The molecule has 1 aromatic heterocycles. The molecule has 0 radical (unpaired) electrons. The van der Waals surface area contributed by atoms with Crippen molar-refractivity contribution in [3.05, 3.63) is 41.7 Å².